The van der Waals surface area contributed by atoms with Gasteiger partial charge in [-0.2, -0.15) is 20.8 Å². The standard InChI is InChI=1S/C10H16N4/c1-4-6-9(7-11)13-14-10(3,5-2)8-12/h9H,4-6H2,1-3H3. The van der Waals surface area contributed by atoms with E-state index in [1.807, 2.05) is 13.8 Å². The molecule has 4 nitrogen and oxygen atoms in total. The zero-order chi connectivity index (χ0) is 11.0. The lowest BCUT2D eigenvalue weighted by Crippen LogP contribution is -2.17. The molecule has 0 radical (unpaired) electrons. The first-order valence-electron chi connectivity index (χ1n) is 4.84. The number of rotatable bonds is 5. The molecule has 14 heavy (non-hydrogen) atoms. The minimum Gasteiger partial charge on any atom is -0.196 e. The molecule has 0 heterocycles. The Kier molecular flexibility index (Phi) is 5.48. The monoisotopic (exact) mass is 192 g/mol. The van der Waals surface area contributed by atoms with Gasteiger partial charge in [0, 0.05) is 0 Å². The number of nitrogens with zero attached hydrogens (tertiary/aromatic N) is 4. The highest BCUT2D eigenvalue weighted by atomic mass is 15.2. The summed E-state index contributed by atoms with van der Waals surface area (Å²) in [5, 5.41) is 25.3. The van der Waals surface area contributed by atoms with Gasteiger partial charge in [0.05, 0.1) is 12.1 Å². The SMILES string of the molecule is CCCC(C#N)N=NC(C)(C#N)CC. The highest BCUT2D eigenvalue weighted by Crippen LogP contribution is 2.15. The predicted octanol–water partition coefficient (Wildman–Crippen LogP) is 2.82. The van der Waals surface area contributed by atoms with E-state index < -0.39 is 11.6 Å². The van der Waals surface area contributed by atoms with Crippen molar-refractivity contribution < 1.29 is 0 Å². The van der Waals surface area contributed by atoms with Crippen LogP contribution in [0.4, 0.5) is 0 Å². The minimum absolute atomic E-state index is 0.403. The van der Waals surface area contributed by atoms with Crippen molar-refractivity contribution >= 4 is 0 Å². The molecule has 2 atom stereocenters. The first kappa shape index (κ1) is 12.6. The predicted molar refractivity (Wildman–Crippen MR) is 53.5 cm³/mol. The van der Waals surface area contributed by atoms with Crippen molar-refractivity contribution in [3.8, 4) is 12.1 Å². The van der Waals surface area contributed by atoms with Crippen LogP contribution < -0.4 is 0 Å². The smallest absolute Gasteiger partial charge is 0.164 e. The van der Waals surface area contributed by atoms with Crippen LogP contribution in [0.25, 0.3) is 0 Å². The van der Waals surface area contributed by atoms with Crippen LogP contribution >= 0.6 is 0 Å². The quantitative estimate of drug-likeness (QED) is 0.628. The summed E-state index contributed by atoms with van der Waals surface area (Å²) in [6.07, 6.45) is 2.20. The van der Waals surface area contributed by atoms with Gasteiger partial charge in [0.1, 0.15) is 0 Å². The van der Waals surface area contributed by atoms with Crippen LogP contribution in [-0.2, 0) is 0 Å². The lowest BCUT2D eigenvalue weighted by Gasteiger charge is -2.11. The van der Waals surface area contributed by atoms with E-state index in [0.29, 0.717) is 12.8 Å². The largest absolute Gasteiger partial charge is 0.196 e. The van der Waals surface area contributed by atoms with Crippen molar-refractivity contribution in [2.75, 3.05) is 0 Å². The maximum Gasteiger partial charge on any atom is 0.164 e. The Hall–Kier alpha value is -1.42. The average molecular weight is 192 g/mol. The number of hydrogen-bond acceptors (Lipinski definition) is 4. The van der Waals surface area contributed by atoms with Crippen molar-refractivity contribution in [3.05, 3.63) is 0 Å². The van der Waals surface area contributed by atoms with E-state index in [1.165, 1.54) is 0 Å². The Bertz CT molecular complexity index is 271. The number of nitriles is 2. The molecule has 0 aromatic rings. The summed E-state index contributed by atoms with van der Waals surface area (Å²) in [4.78, 5) is 0. The zero-order valence-corrected chi connectivity index (χ0v) is 8.99. The highest BCUT2D eigenvalue weighted by Gasteiger charge is 2.20. The van der Waals surface area contributed by atoms with E-state index in [1.54, 1.807) is 6.92 Å². The molecule has 0 N–H and O–H groups in total. The first-order chi connectivity index (χ1) is 6.61. The second kappa shape index (κ2) is 6.10. The van der Waals surface area contributed by atoms with Crippen LogP contribution in [0.2, 0.25) is 0 Å². The fourth-order valence-corrected chi connectivity index (χ4v) is 0.791. The topological polar surface area (TPSA) is 72.3 Å². The third-order valence-electron chi connectivity index (χ3n) is 2.06. The minimum atomic E-state index is -0.775. The Morgan fingerprint density at radius 1 is 1.36 bits per heavy atom. The maximum atomic E-state index is 8.81. The molecule has 0 aliphatic heterocycles. The molecular formula is C10H16N4. The van der Waals surface area contributed by atoms with Gasteiger partial charge < -0.3 is 0 Å². The molecule has 0 amide bonds. The zero-order valence-electron chi connectivity index (χ0n) is 8.99. The normalized spacial score (nSPS) is 16.9. The van der Waals surface area contributed by atoms with Crippen molar-refractivity contribution in [3.63, 3.8) is 0 Å². The van der Waals surface area contributed by atoms with E-state index in [4.69, 9.17) is 10.5 Å². The van der Waals surface area contributed by atoms with Gasteiger partial charge in [0.25, 0.3) is 0 Å². The molecule has 0 rings (SSSR count). The summed E-state index contributed by atoms with van der Waals surface area (Å²) in [5.74, 6) is 0. The molecule has 0 spiro atoms. The molecule has 0 aromatic carbocycles. The van der Waals surface area contributed by atoms with Crippen molar-refractivity contribution in [1.29, 1.82) is 10.5 Å². The first-order valence-corrected chi connectivity index (χ1v) is 4.84. The van der Waals surface area contributed by atoms with Gasteiger partial charge in [-0.1, -0.05) is 20.3 Å². The van der Waals surface area contributed by atoms with Crippen LogP contribution in [0.1, 0.15) is 40.0 Å². The summed E-state index contributed by atoms with van der Waals surface area (Å²) in [6.45, 7) is 5.59. The van der Waals surface area contributed by atoms with Crippen molar-refractivity contribution in [2.24, 2.45) is 10.2 Å². The van der Waals surface area contributed by atoms with Gasteiger partial charge in [0.15, 0.2) is 11.6 Å². The Labute approximate surface area is 85.3 Å². The number of azo groups is 1. The van der Waals surface area contributed by atoms with E-state index in [0.717, 1.165) is 6.42 Å². The van der Waals surface area contributed by atoms with E-state index in [9.17, 15) is 0 Å². The summed E-state index contributed by atoms with van der Waals surface area (Å²) < 4.78 is 0. The van der Waals surface area contributed by atoms with Gasteiger partial charge >= 0.3 is 0 Å². The molecule has 2 unspecified atom stereocenters. The van der Waals surface area contributed by atoms with Gasteiger partial charge in [0.2, 0.25) is 0 Å². The van der Waals surface area contributed by atoms with Crippen LogP contribution in [-0.4, -0.2) is 11.6 Å². The molecule has 0 saturated carbocycles. The Morgan fingerprint density at radius 3 is 2.36 bits per heavy atom. The van der Waals surface area contributed by atoms with Crippen LogP contribution in [0.15, 0.2) is 10.2 Å². The van der Waals surface area contributed by atoms with Crippen LogP contribution in [0.3, 0.4) is 0 Å². The van der Waals surface area contributed by atoms with Gasteiger partial charge in [-0.25, -0.2) is 0 Å². The van der Waals surface area contributed by atoms with Crippen LogP contribution in [0.5, 0.6) is 0 Å². The Balaban J connectivity index is 4.41. The Morgan fingerprint density at radius 2 is 2.00 bits per heavy atom. The highest BCUT2D eigenvalue weighted by molar-refractivity contribution is 5.02. The fourth-order valence-electron chi connectivity index (χ4n) is 0.791. The molecule has 0 aliphatic rings. The van der Waals surface area contributed by atoms with Gasteiger partial charge in [-0.05, 0) is 19.8 Å². The van der Waals surface area contributed by atoms with E-state index >= 15 is 0 Å². The van der Waals surface area contributed by atoms with Gasteiger partial charge in [-0.3, -0.25) is 0 Å². The maximum absolute atomic E-state index is 8.81. The average Bonchev–Trinajstić information content (AvgIpc) is 2.23. The third kappa shape index (κ3) is 4.00. The van der Waals surface area contributed by atoms with Crippen molar-refractivity contribution in [1.82, 2.24) is 0 Å². The second-order valence-electron chi connectivity index (χ2n) is 3.39. The summed E-state index contributed by atoms with van der Waals surface area (Å²) in [5.41, 5.74) is -0.775. The molecule has 4 heteroatoms. The molecular weight excluding hydrogens is 176 g/mol. The summed E-state index contributed by atoms with van der Waals surface area (Å²) >= 11 is 0. The van der Waals surface area contributed by atoms with Crippen LogP contribution in [0, 0.1) is 22.7 Å². The third-order valence-corrected chi connectivity index (χ3v) is 2.06. The summed E-state index contributed by atoms with van der Waals surface area (Å²) in [7, 11) is 0. The van der Waals surface area contributed by atoms with E-state index in [-0.39, 0.29) is 0 Å². The molecule has 0 aromatic heterocycles. The molecule has 0 saturated heterocycles. The number of hydrogen-bond donors (Lipinski definition) is 0. The fraction of sp³-hybridized carbons (Fsp3) is 0.800. The molecule has 76 valence electrons. The van der Waals surface area contributed by atoms with Crippen molar-refractivity contribution in [2.45, 2.75) is 51.6 Å². The molecule has 0 aliphatic carbocycles. The second-order valence-corrected chi connectivity index (χ2v) is 3.39. The molecule has 0 bridgehead atoms. The summed E-state index contributed by atoms with van der Waals surface area (Å²) in [6, 6.07) is 3.73. The molecule has 0 fully saturated rings. The van der Waals surface area contributed by atoms with E-state index in [2.05, 4.69) is 22.4 Å². The van der Waals surface area contributed by atoms with Gasteiger partial charge in [-0.15, -0.1) is 0 Å². The lowest BCUT2D eigenvalue weighted by molar-refractivity contribution is 0.522. The lowest BCUT2D eigenvalue weighted by atomic mass is 10.0.